The van der Waals surface area contributed by atoms with Crippen LogP contribution in [-0.2, 0) is 0 Å². The van der Waals surface area contributed by atoms with Crippen LogP contribution in [0.4, 0.5) is 0 Å². The van der Waals surface area contributed by atoms with Crippen molar-refractivity contribution < 1.29 is 5.11 Å². The molecule has 0 saturated carbocycles. The van der Waals surface area contributed by atoms with Gasteiger partial charge in [0.15, 0.2) is 0 Å². The molecule has 0 aliphatic rings. The van der Waals surface area contributed by atoms with E-state index in [1.54, 1.807) is 0 Å². The minimum absolute atomic E-state index is 0.0369. The normalized spacial score (nSPS) is 16.0. The molecule has 0 fully saturated rings. The Labute approximate surface area is 94.0 Å². The minimum Gasteiger partial charge on any atom is -0.394 e. The molecule has 1 unspecified atom stereocenters. The maximum absolute atomic E-state index is 9.13. The third-order valence-electron chi connectivity index (χ3n) is 2.35. The Hall–Kier alpha value is -0.160. The number of aliphatic hydroxyl groups excluding tert-OH is 1. The van der Waals surface area contributed by atoms with E-state index in [1.807, 2.05) is 6.92 Å². The van der Waals surface area contributed by atoms with Gasteiger partial charge in [-0.15, -0.1) is 0 Å². The molecule has 3 N–H and O–H groups in total. The standard InChI is InChI=1S/C11H27N3O/c1-5-6-14(8-7-13(3)4)9-11(2,12)10-15/h15H,5-10,12H2,1-4H3. The van der Waals surface area contributed by atoms with E-state index in [0.29, 0.717) is 0 Å². The van der Waals surface area contributed by atoms with Crippen molar-refractivity contribution in [2.24, 2.45) is 5.73 Å². The maximum atomic E-state index is 9.13. The summed E-state index contributed by atoms with van der Waals surface area (Å²) in [6.07, 6.45) is 1.12. The molecular weight excluding hydrogens is 190 g/mol. The molecule has 0 amide bonds. The molecule has 0 aliphatic heterocycles. The topological polar surface area (TPSA) is 52.7 Å². The number of hydrogen-bond acceptors (Lipinski definition) is 4. The summed E-state index contributed by atoms with van der Waals surface area (Å²) in [5.74, 6) is 0. The van der Waals surface area contributed by atoms with E-state index >= 15 is 0 Å². The molecular formula is C11H27N3O. The summed E-state index contributed by atoms with van der Waals surface area (Å²) in [4.78, 5) is 4.48. The number of hydrogen-bond donors (Lipinski definition) is 2. The molecule has 1 atom stereocenters. The highest BCUT2D eigenvalue weighted by Gasteiger charge is 2.20. The Bertz CT molecular complexity index is 160. The Morgan fingerprint density at radius 2 is 1.80 bits per heavy atom. The van der Waals surface area contributed by atoms with E-state index in [2.05, 4.69) is 30.8 Å². The molecule has 4 heteroatoms. The number of likely N-dealkylation sites (N-methyl/N-ethyl adjacent to an activating group) is 1. The Balaban J connectivity index is 4.03. The van der Waals surface area contributed by atoms with Gasteiger partial charge in [-0.1, -0.05) is 6.92 Å². The summed E-state index contributed by atoms with van der Waals surface area (Å²) < 4.78 is 0. The van der Waals surface area contributed by atoms with Crippen molar-refractivity contribution in [3.05, 3.63) is 0 Å². The van der Waals surface area contributed by atoms with Crippen molar-refractivity contribution in [2.45, 2.75) is 25.8 Å². The van der Waals surface area contributed by atoms with E-state index in [9.17, 15) is 0 Å². The minimum atomic E-state index is -0.485. The molecule has 0 rings (SSSR count). The predicted octanol–water partition coefficient (Wildman–Crippen LogP) is -0.0303. The zero-order valence-electron chi connectivity index (χ0n) is 10.7. The highest BCUT2D eigenvalue weighted by molar-refractivity contribution is 4.81. The molecule has 0 aromatic heterocycles. The Kier molecular flexibility index (Phi) is 7.09. The second kappa shape index (κ2) is 7.17. The van der Waals surface area contributed by atoms with Crippen LogP contribution in [0.5, 0.6) is 0 Å². The summed E-state index contributed by atoms with van der Waals surface area (Å²) in [5.41, 5.74) is 5.46. The fourth-order valence-electron chi connectivity index (χ4n) is 1.49. The van der Waals surface area contributed by atoms with Gasteiger partial charge in [-0.3, -0.25) is 0 Å². The van der Waals surface area contributed by atoms with Crippen molar-refractivity contribution in [1.82, 2.24) is 9.80 Å². The smallest absolute Gasteiger partial charge is 0.0621 e. The molecule has 0 radical (unpaired) electrons. The van der Waals surface area contributed by atoms with E-state index in [1.165, 1.54) is 0 Å². The van der Waals surface area contributed by atoms with E-state index in [4.69, 9.17) is 10.8 Å². The third kappa shape index (κ3) is 7.73. The van der Waals surface area contributed by atoms with Gasteiger partial charge < -0.3 is 20.6 Å². The van der Waals surface area contributed by atoms with Crippen molar-refractivity contribution in [3.8, 4) is 0 Å². The molecule has 0 bridgehead atoms. The van der Waals surface area contributed by atoms with Gasteiger partial charge in [0, 0.05) is 25.2 Å². The van der Waals surface area contributed by atoms with Crippen molar-refractivity contribution >= 4 is 0 Å². The zero-order valence-corrected chi connectivity index (χ0v) is 10.7. The summed E-state index contributed by atoms with van der Waals surface area (Å²) >= 11 is 0. The first kappa shape index (κ1) is 14.8. The summed E-state index contributed by atoms with van der Waals surface area (Å²) in [7, 11) is 4.13. The van der Waals surface area contributed by atoms with Crippen LogP contribution >= 0.6 is 0 Å². The molecule has 15 heavy (non-hydrogen) atoms. The lowest BCUT2D eigenvalue weighted by molar-refractivity contribution is 0.141. The maximum Gasteiger partial charge on any atom is 0.0621 e. The van der Waals surface area contributed by atoms with E-state index < -0.39 is 5.54 Å². The first-order valence-corrected chi connectivity index (χ1v) is 5.68. The summed E-state index contributed by atoms with van der Waals surface area (Å²) in [5, 5.41) is 9.13. The van der Waals surface area contributed by atoms with E-state index in [-0.39, 0.29) is 6.61 Å². The molecule has 0 aromatic carbocycles. The first-order chi connectivity index (χ1) is 6.91. The molecule has 4 nitrogen and oxygen atoms in total. The number of nitrogens with zero attached hydrogens (tertiary/aromatic N) is 2. The number of nitrogens with two attached hydrogens (primary N) is 1. The zero-order chi connectivity index (χ0) is 11.9. The van der Waals surface area contributed by atoms with Gasteiger partial charge >= 0.3 is 0 Å². The van der Waals surface area contributed by atoms with Crippen LogP contribution in [0.1, 0.15) is 20.3 Å². The molecule has 0 aromatic rings. The fraction of sp³-hybridized carbons (Fsp3) is 1.00. The fourth-order valence-corrected chi connectivity index (χ4v) is 1.49. The first-order valence-electron chi connectivity index (χ1n) is 5.68. The summed E-state index contributed by atoms with van der Waals surface area (Å²) in [6, 6.07) is 0. The van der Waals surface area contributed by atoms with E-state index in [0.717, 1.165) is 32.6 Å². The monoisotopic (exact) mass is 217 g/mol. The average molecular weight is 217 g/mol. The van der Waals surface area contributed by atoms with Crippen LogP contribution < -0.4 is 5.73 Å². The van der Waals surface area contributed by atoms with Crippen molar-refractivity contribution in [3.63, 3.8) is 0 Å². The molecule has 0 spiro atoms. The molecule has 0 saturated heterocycles. The largest absolute Gasteiger partial charge is 0.394 e. The molecule has 0 aliphatic carbocycles. The average Bonchev–Trinajstić information content (AvgIpc) is 2.14. The van der Waals surface area contributed by atoms with Gasteiger partial charge in [0.2, 0.25) is 0 Å². The van der Waals surface area contributed by atoms with Gasteiger partial charge in [0.25, 0.3) is 0 Å². The van der Waals surface area contributed by atoms with Gasteiger partial charge in [-0.25, -0.2) is 0 Å². The van der Waals surface area contributed by atoms with Crippen LogP contribution in [0, 0.1) is 0 Å². The predicted molar refractivity (Wildman–Crippen MR) is 65.0 cm³/mol. The van der Waals surface area contributed by atoms with Gasteiger partial charge in [0.1, 0.15) is 0 Å². The summed E-state index contributed by atoms with van der Waals surface area (Å²) in [6.45, 7) is 7.93. The van der Waals surface area contributed by atoms with Crippen LogP contribution in [0.2, 0.25) is 0 Å². The Morgan fingerprint density at radius 1 is 1.20 bits per heavy atom. The molecule has 0 heterocycles. The third-order valence-corrected chi connectivity index (χ3v) is 2.35. The van der Waals surface area contributed by atoms with Crippen LogP contribution in [0.25, 0.3) is 0 Å². The van der Waals surface area contributed by atoms with Gasteiger partial charge in [0.05, 0.1) is 6.61 Å². The second-order valence-electron chi connectivity index (χ2n) is 4.89. The van der Waals surface area contributed by atoms with Crippen LogP contribution in [-0.4, -0.2) is 67.3 Å². The highest BCUT2D eigenvalue weighted by atomic mass is 16.3. The SMILES string of the molecule is CCCN(CCN(C)C)CC(C)(N)CO. The lowest BCUT2D eigenvalue weighted by Crippen LogP contribution is -2.51. The van der Waals surface area contributed by atoms with Crippen LogP contribution in [0.3, 0.4) is 0 Å². The van der Waals surface area contributed by atoms with Crippen molar-refractivity contribution in [2.75, 3.05) is 46.9 Å². The quantitative estimate of drug-likeness (QED) is 0.599. The highest BCUT2D eigenvalue weighted by Crippen LogP contribution is 2.03. The molecule has 92 valence electrons. The lowest BCUT2D eigenvalue weighted by atomic mass is 10.0. The van der Waals surface area contributed by atoms with Crippen molar-refractivity contribution in [1.29, 1.82) is 0 Å². The van der Waals surface area contributed by atoms with Crippen LogP contribution in [0.15, 0.2) is 0 Å². The Morgan fingerprint density at radius 3 is 2.20 bits per heavy atom. The van der Waals surface area contributed by atoms with Gasteiger partial charge in [-0.2, -0.15) is 0 Å². The lowest BCUT2D eigenvalue weighted by Gasteiger charge is -2.31. The number of rotatable bonds is 8. The second-order valence-corrected chi connectivity index (χ2v) is 4.89. The number of aliphatic hydroxyl groups is 1. The van der Waals surface area contributed by atoms with Gasteiger partial charge in [-0.05, 0) is 34.0 Å².